The van der Waals surface area contributed by atoms with Crippen LogP contribution in [0.5, 0.6) is 0 Å². The molecule has 9 heteroatoms. The second-order valence-corrected chi connectivity index (χ2v) is 8.86. The lowest BCUT2D eigenvalue weighted by Crippen LogP contribution is -2.27. The van der Waals surface area contributed by atoms with E-state index in [-0.39, 0.29) is 29.5 Å². The van der Waals surface area contributed by atoms with Crippen molar-refractivity contribution in [2.75, 3.05) is 17.2 Å². The molecule has 3 aromatic rings. The SMILES string of the molecule is Nc1ccc2c(n1)CCC2NC(=O)c1cn(Cc2ccc(N3CC4CC4C3=O)cc2)nn1. The zero-order valence-electron chi connectivity index (χ0n) is 17.4. The summed E-state index contributed by atoms with van der Waals surface area (Å²) in [5.41, 5.74) is 9.94. The third-order valence-electron chi connectivity index (χ3n) is 6.67. The predicted molar refractivity (Wildman–Crippen MR) is 117 cm³/mol. The molecule has 32 heavy (non-hydrogen) atoms. The Kier molecular flexibility index (Phi) is 4.24. The molecule has 3 aliphatic rings. The van der Waals surface area contributed by atoms with E-state index in [1.807, 2.05) is 35.2 Å². The zero-order chi connectivity index (χ0) is 21.8. The van der Waals surface area contributed by atoms with E-state index in [2.05, 4.69) is 20.6 Å². The number of nitrogens with one attached hydrogen (secondary N) is 1. The molecule has 1 saturated carbocycles. The number of fused-ring (bicyclic) bond motifs is 2. The number of carbonyl (C=O) groups excluding carboxylic acids is 2. The van der Waals surface area contributed by atoms with Crippen molar-refractivity contribution < 1.29 is 9.59 Å². The Morgan fingerprint density at radius 3 is 2.81 bits per heavy atom. The number of nitrogens with zero attached hydrogens (tertiary/aromatic N) is 5. The van der Waals surface area contributed by atoms with Gasteiger partial charge in [0.25, 0.3) is 5.91 Å². The minimum atomic E-state index is -0.257. The molecule has 3 heterocycles. The van der Waals surface area contributed by atoms with Gasteiger partial charge in [-0.2, -0.15) is 0 Å². The van der Waals surface area contributed by atoms with Crippen molar-refractivity contribution in [2.24, 2.45) is 11.8 Å². The van der Waals surface area contributed by atoms with Crippen molar-refractivity contribution in [3.8, 4) is 0 Å². The molecule has 1 saturated heterocycles. The van der Waals surface area contributed by atoms with Gasteiger partial charge in [0.15, 0.2) is 5.69 Å². The molecule has 3 N–H and O–H groups in total. The Morgan fingerprint density at radius 1 is 1.19 bits per heavy atom. The molecule has 2 amide bonds. The summed E-state index contributed by atoms with van der Waals surface area (Å²) in [5, 5.41) is 11.2. The first kappa shape index (κ1) is 19.0. The third kappa shape index (κ3) is 3.30. The molecule has 1 aliphatic heterocycles. The number of nitrogen functional groups attached to an aromatic ring is 1. The van der Waals surface area contributed by atoms with E-state index in [0.717, 1.165) is 48.3 Å². The number of hydrogen-bond donors (Lipinski definition) is 2. The molecule has 0 spiro atoms. The lowest BCUT2D eigenvalue weighted by Gasteiger charge is -2.18. The van der Waals surface area contributed by atoms with Crippen LogP contribution in [0.2, 0.25) is 0 Å². The summed E-state index contributed by atoms with van der Waals surface area (Å²) < 4.78 is 1.64. The molecule has 3 unspecified atom stereocenters. The number of carbonyl (C=O) groups is 2. The van der Waals surface area contributed by atoms with Crippen molar-refractivity contribution in [1.82, 2.24) is 25.3 Å². The van der Waals surface area contributed by atoms with E-state index in [1.54, 1.807) is 16.9 Å². The molecule has 3 atom stereocenters. The highest BCUT2D eigenvalue weighted by Crippen LogP contribution is 2.47. The minimum absolute atomic E-state index is 0.0948. The van der Waals surface area contributed by atoms with Crippen LogP contribution in [0.25, 0.3) is 0 Å². The number of aromatic nitrogens is 4. The van der Waals surface area contributed by atoms with Gasteiger partial charge in [0, 0.05) is 23.8 Å². The Labute approximate surface area is 184 Å². The molecular formula is C23H23N7O2. The van der Waals surface area contributed by atoms with Gasteiger partial charge >= 0.3 is 0 Å². The van der Waals surface area contributed by atoms with Gasteiger partial charge in [-0.25, -0.2) is 9.67 Å². The summed E-state index contributed by atoms with van der Waals surface area (Å²) in [6.45, 7) is 1.33. The first-order chi connectivity index (χ1) is 15.5. The van der Waals surface area contributed by atoms with Crippen molar-refractivity contribution in [3.05, 3.63) is 65.1 Å². The Balaban J connectivity index is 1.09. The predicted octanol–water partition coefficient (Wildman–Crippen LogP) is 1.70. The van der Waals surface area contributed by atoms with Gasteiger partial charge in [-0.1, -0.05) is 23.4 Å². The van der Waals surface area contributed by atoms with Crippen LogP contribution in [0, 0.1) is 11.8 Å². The van der Waals surface area contributed by atoms with E-state index in [9.17, 15) is 9.59 Å². The Bertz CT molecular complexity index is 1220. The minimum Gasteiger partial charge on any atom is -0.384 e. The quantitative estimate of drug-likeness (QED) is 0.637. The summed E-state index contributed by atoms with van der Waals surface area (Å²) in [7, 11) is 0. The van der Waals surface area contributed by atoms with Crippen molar-refractivity contribution in [1.29, 1.82) is 0 Å². The molecule has 1 aromatic carbocycles. The Morgan fingerprint density at radius 2 is 2.03 bits per heavy atom. The van der Waals surface area contributed by atoms with E-state index >= 15 is 0 Å². The first-order valence-electron chi connectivity index (χ1n) is 10.9. The number of aryl methyl sites for hydroxylation is 1. The van der Waals surface area contributed by atoms with Gasteiger partial charge in [0.2, 0.25) is 5.91 Å². The molecule has 2 aliphatic carbocycles. The fourth-order valence-corrected chi connectivity index (χ4v) is 4.82. The number of rotatable bonds is 5. The monoisotopic (exact) mass is 429 g/mol. The molecule has 2 aromatic heterocycles. The third-order valence-corrected chi connectivity index (χ3v) is 6.67. The number of amides is 2. The number of anilines is 2. The Hall–Kier alpha value is -3.75. The van der Waals surface area contributed by atoms with Crippen LogP contribution in [0.1, 0.15) is 46.2 Å². The maximum Gasteiger partial charge on any atom is 0.273 e. The van der Waals surface area contributed by atoms with E-state index in [0.29, 0.717) is 18.3 Å². The molecule has 0 radical (unpaired) electrons. The van der Waals surface area contributed by atoms with E-state index in [4.69, 9.17) is 5.73 Å². The summed E-state index contributed by atoms with van der Waals surface area (Å²) in [4.78, 5) is 31.2. The largest absolute Gasteiger partial charge is 0.384 e. The molecule has 0 bridgehead atoms. The number of hydrogen-bond acceptors (Lipinski definition) is 6. The van der Waals surface area contributed by atoms with E-state index in [1.165, 1.54) is 0 Å². The lowest BCUT2D eigenvalue weighted by molar-refractivity contribution is -0.118. The number of piperidine rings is 1. The maximum atomic E-state index is 12.7. The molecule has 9 nitrogen and oxygen atoms in total. The van der Waals surface area contributed by atoms with Gasteiger partial charge < -0.3 is 16.0 Å². The fourth-order valence-electron chi connectivity index (χ4n) is 4.82. The maximum absolute atomic E-state index is 12.7. The fraction of sp³-hybridized carbons (Fsp3) is 0.348. The second kappa shape index (κ2) is 7.15. The highest BCUT2D eigenvalue weighted by Gasteiger charge is 2.52. The molecule has 162 valence electrons. The van der Waals surface area contributed by atoms with Crippen molar-refractivity contribution in [3.63, 3.8) is 0 Å². The van der Waals surface area contributed by atoms with Gasteiger partial charge in [0.1, 0.15) is 5.82 Å². The molecule has 6 rings (SSSR count). The van der Waals surface area contributed by atoms with Gasteiger partial charge in [-0.3, -0.25) is 9.59 Å². The van der Waals surface area contributed by atoms with Gasteiger partial charge in [-0.05, 0) is 54.5 Å². The van der Waals surface area contributed by atoms with Crippen LogP contribution >= 0.6 is 0 Å². The molecule has 2 fully saturated rings. The van der Waals surface area contributed by atoms with E-state index < -0.39 is 0 Å². The normalized spacial score (nSPS) is 23.2. The van der Waals surface area contributed by atoms with Gasteiger partial charge in [0.05, 0.1) is 18.8 Å². The average molecular weight is 429 g/mol. The number of pyridine rings is 1. The van der Waals surface area contributed by atoms with Crippen molar-refractivity contribution >= 4 is 23.3 Å². The zero-order valence-corrected chi connectivity index (χ0v) is 17.4. The summed E-state index contributed by atoms with van der Waals surface area (Å²) in [6.07, 6.45) is 4.28. The topological polar surface area (TPSA) is 119 Å². The van der Waals surface area contributed by atoms with Crippen LogP contribution in [-0.4, -0.2) is 38.3 Å². The van der Waals surface area contributed by atoms with Crippen LogP contribution in [0.3, 0.4) is 0 Å². The average Bonchev–Trinajstić information content (AvgIpc) is 3.06. The van der Waals surface area contributed by atoms with Crippen LogP contribution in [0.15, 0.2) is 42.6 Å². The summed E-state index contributed by atoms with van der Waals surface area (Å²) >= 11 is 0. The summed E-state index contributed by atoms with van der Waals surface area (Å²) in [6, 6.07) is 11.5. The molecular weight excluding hydrogens is 406 g/mol. The van der Waals surface area contributed by atoms with Crippen LogP contribution in [-0.2, 0) is 17.8 Å². The smallest absolute Gasteiger partial charge is 0.273 e. The highest BCUT2D eigenvalue weighted by atomic mass is 16.2. The van der Waals surface area contributed by atoms with Crippen molar-refractivity contribution in [2.45, 2.75) is 31.8 Å². The summed E-state index contributed by atoms with van der Waals surface area (Å²) in [5.74, 6) is 1.29. The number of nitrogens with two attached hydrogens (primary N) is 1. The lowest BCUT2D eigenvalue weighted by atomic mass is 10.1. The van der Waals surface area contributed by atoms with Crippen LogP contribution in [0.4, 0.5) is 11.5 Å². The highest BCUT2D eigenvalue weighted by molar-refractivity contribution is 5.99. The van der Waals surface area contributed by atoms with Crippen LogP contribution < -0.4 is 16.0 Å². The first-order valence-corrected chi connectivity index (χ1v) is 10.9. The van der Waals surface area contributed by atoms with Gasteiger partial charge in [-0.15, -0.1) is 5.10 Å². The standard InChI is InChI=1S/C23H23N7O2/c24-21-8-5-16-18(25-21)6-7-19(16)26-22(31)20-12-29(28-27-20)10-13-1-3-15(4-2-13)30-11-14-9-17(14)23(30)32/h1-5,8,12,14,17,19H,6-7,9-11H2,(H2,24,25)(H,26,31). The second-order valence-electron chi connectivity index (χ2n) is 8.86. The number of benzene rings is 1.